The average Bonchev–Trinajstić information content (AvgIpc) is 1.77. The van der Waals surface area contributed by atoms with Crippen LogP contribution < -0.4 is 5.32 Å². The van der Waals surface area contributed by atoms with E-state index in [4.69, 9.17) is 5.11 Å². The molecule has 0 spiro atoms. The predicted molar refractivity (Wildman–Crippen MR) is 42.5 cm³/mol. The quantitative estimate of drug-likeness (QED) is 0.642. The van der Waals surface area contributed by atoms with Gasteiger partial charge in [0.15, 0.2) is 0 Å². The predicted octanol–water partition coefficient (Wildman–Crippen LogP) is 0.992. The van der Waals surface area contributed by atoms with E-state index in [1.165, 1.54) is 0 Å². The van der Waals surface area contributed by atoms with Gasteiger partial charge in [0.2, 0.25) is 0 Å². The van der Waals surface area contributed by atoms with Gasteiger partial charge in [-0.25, -0.2) is 0 Å². The molecule has 0 radical (unpaired) electrons. The van der Waals surface area contributed by atoms with Crippen molar-refractivity contribution in [2.24, 2.45) is 0 Å². The van der Waals surface area contributed by atoms with E-state index in [0.29, 0.717) is 0 Å². The van der Waals surface area contributed by atoms with Crippen LogP contribution >= 0.6 is 0 Å². The van der Waals surface area contributed by atoms with Crippen LogP contribution in [0.3, 0.4) is 0 Å². The number of carbonyl (C=O) groups is 1. The third-order valence-corrected chi connectivity index (χ3v) is 2.18. The van der Waals surface area contributed by atoms with Crippen LogP contribution in [0.1, 0.15) is 33.1 Å². The molecule has 0 aromatic carbocycles. The van der Waals surface area contributed by atoms with E-state index in [1.807, 2.05) is 13.8 Å². The number of rotatable bonds is 3. The van der Waals surface area contributed by atoms with Crippen LogP contribution in [-0.2, 0) is 4.79 Å². The minimum atomic E-state index is -0.697. The van der Waals surface area contributed by atoms with Crippen molar-refractivity contribution in [1.29, 1.82) is 0 Å². The van der Waals surface area contributed by atoms with E-state index in [1.54, 1.807) is 0 Å². The summed E-state index contributed by atoms with van der Waals surface area (Å²) in [4.78, 5) is 10.8. The Morgan fingerprint density at radius 3 is 2.18 bits per heavy atom. The second kappa shape index (κ2) is 2.81. The Labute approximate surface area is 66.8 Å². The van der Waals surface area contributed by atoms with Crippen molar-refractivity contribution in [3.05, 3.63) is 0 Å². The molecule has 0 aromatic rings. The summed E-state index contributed by atoms with van der Waals surface area (Å²) in [5, 5.41) is 12.0. The Morgan fingerprint density at radius 2 is 2.09 bits per heavy atom. The zero-order chi connectivity index (χ0) is 8.48. The van der Waals surface area contributed by atoms with Gasteiger partial charge in [0.25, 0.3) is 0 Å². The van der Waals surface area contributed by atoms with Crippen molar-refractivity contribution >= 4 is 5.97 Å². The third-order valence-electron chi connectivity index (χ3n) is 2.18. The lowest BCUT2D eigenvalue weighted by Crippen LogP contribution is -2.59. The Kier molecular flexibility index (Phi) is 2.18. The normalized spacial score (nSPS) is 21.4. The van der Waals surface area contributed by atoms with Gasteiger partial charge >= 0.3 is 5.97 Å². The van der Waals surface area contributed by atoms with Crippen molar-refractivity contribution in [2.75, 3.05) is 0 Å². The van der Waals surface area contributed by atoms with E-state index in [0.717, 1.165) is 19.3 Å². The Bertz CT molecular complexity index is 161. The van der Waals surface area contributed by atoms with Crippen molar-refractivity contribution in [3.8, 4) is 0 Å². The fraction of sp³-hybridized carbons (Fsp3) is 0.875. The summed E-state index contributed by atoms with van der Waals surface area (Å²) in [6, 6.07) is 0.256. The lowest BCUT2D eigenvalue weighted by Gasteiger charge is -2.40. The summed E-state index contributed by atoms with van der Waals surface area (Å²) in [5.74, 6) is -0.697. The number of hydrogen-bond acceptors (Lipinski definition) is 2. The zero-order valence-electron chi connectivity index (χ0n) is 7.05. The monoisotopic (exact) mass is 157 g/mol. The first-order chi connectivity index (χ1) is 5.07. The Balaban J connectivity index is 2.54. The van der Waals surface area contributed by atoms with Gasteiger partial charge in [0, 0.05) is 6.04 Å². The van der Waals surface area contributed by atoms with Gasteiger partial charge in [0.1, 0.15) is 5.54 Å². The molecule has 0 atom stereocenters. The maximum Gasteiger partial charge on any atom is 0.323 e. The van der Waals surface area contributed by atoms with Gasteiger partial charge in [-0.2, -0.15) is 0 Å². The number of aliphatic carboxylic acids is 1. The molecule has 0 saturated heterocycles. The molecule has 64 valence electrons. The van der Waals surface area contributed by atoms with Crippen molar-refractivity contribution in [2.45, 2.75) is 44.7 Å². The number of hydrogen-bond donors (Lipinski definition) is 2. The third kappa shape index (κ3) is 1.53. The van der Waals surface area contributed by atoms with E-state index in [-0.39, 0.29) is 6.04 Å². The van der Waals surface area contributed by atoms with E-state index in [9.17, 15) is 4.79 Å². The highest BCUT2D eigenvalue weighted by molar-refractivity contribution is 5.80. The van der Waals surface area contributed by atoms with Gasteiger partial charge in [-0.3, -0.25) is 10.1 Å². The van der Waals surface area contributed by atoms with Crippen LogP contribution in [0.25, 0.3) is 0 Å². The first-order valence-corrected chi connectivity index (χ1v) is 4.08. The minimum absolute atomic E-state index is 0.256. The molecule has 1 saturated carbocycles. The molecule has 1 rings (SSSR count). The molecule has 3 nitrogen and oxygen atoms in total. The van der Waals surface area contributed by atoms with Crippen LogP contribution in [0.15, 0.2) is 0 Å². The fourth-order valence-electron chi connectivity index (χ4n) is 1.50. The van der Waals surface area contributed by atoms with Gasteiger partial charge in [0.05, 0.1) is 0 Å². The van der Waals surface area contributed by atoms with Crippen molar-refractivity contribution < 1.29 is 9.90 Å². The first-order valence-electron chi connectivity index (χ1n) is 4.08. The molecule has 0 amide bonds. The summed E-state index contributed by atoms with van der Waals surface area (Å²) >= 11 is 0. The molecule has 1 aliphatic carbocycles. The van der Waals surface area contributed by atoms with Gasteiger partial charge < -0.3 is 5.11 Å². The minimum Gasteiger partial charge on any atom is -0.480 e. The molecular formula is C8H15NO2. The molecule has 0 heterocycles. The van der Waals surface area contributed by atoms with Crippen molar-refractivity contribution in [3.63, 3.8) is 0 Å². The summed E-state index contributed by atoms with van der Waals surface area (Å²) in [6.45, 7) is 3.95. The van der Waals surface area contributed by atoms with Crippen molar-refractivity contribution in [1.82, 2.24) is 5.32 Å². The molecule has 1 aliphatic rings. The number of carboxylic acids is 1. The summed E-state index contributed by atoms with van der Waals surface area (Å²) in [7, 11) is 0. The Hall–Kier alpha value is -0.570. The fourth-order valence-corrected chi connectivity index (χ4v) is 1.50. The lowest BCUT2D eigenvalue weighted by atomic mass is 9.76. The summed E-state index contributed by atoms with van der Waals surface area (Å²) < 4.78 is 0. The number of nitrogens with one attached hydrogen (secondary N) is 1. The van der Waals surface area contributed by atoms with Crippen LogP contribution in [0.4, 0.5) is 0 Å². The highest BCUT2D eigenvalue weighted by Crippen LogP contribution is 2.32. The molecule has 2 N–H and O–H groups in total. The highest BCUT2D eigenvalue weighted by Gasteiger charge is 2.44. The van der Waals surface area contributed by atoms with Gasteiger partial charge in [-0.1, -0.05) is 0 Å². The molecule has 3 heteroatoms. The molecule has 1 fully saturated rings. The van der Waals surface area contributed by atoms with E-state index in [2.05, 4.69) is 5.32 Å². The Morgan fingerprint density at radius 1 is 1.55 bits per heavy atom. The van der Waals surface area contributed by atoms with E-state index < -0.39 is 11.5 Å². The molecule has 11 heavy (non-hydrogen) atoms. The number of carboxylic acid groups (broad SMARTS) is 1. The van der Waals surface area contributed by atoms with Crippen LogP contribution in [0, 0.1) is 0 Å². The van der Waals surface area contributed by atoms with E-state index >= 15 is 0 Å². The summed E-state index contributed by atoms with van der Waals surface area (Å²) in [6.07, 6.45) is 2.59. The maximum atomic E-state index is 10.8. The molecule has 0 aliphatic heterocycles. The summed E-state index contributed by atoms with van der Waals surface area (Å²) in [5.41, 5.74) is -0.589. The molecular weight excluding hydrogens is 142 g/mol. The van der Waals surface area contributed by atoms with Gasteiger partial charge in [-0.05, 0) is 33.1 Å². The molecule has 0 bridgehead atoms. The van der Waals surface area contributed by atoms with Crippen LogP contribution in [0.2, 0.25) is 0 Å². The first kappa shape index (κ1) is 8.53. The highest BCUT2D eigenvalue weighted by atomic mass is 16.4. The van der Waals surface area contributed by atoms with Gasteiger partial charge in [-0.15, -0.1) is 0 Å². The zero-order valence-corrected chi connectivity index (χ0v) is 7.05. The largest absolute Gasteiger partial charge is 0.480 e. The molecule has 0 unspecified atom stereocenters. The second-order valence-electron chi connectivity index (χ2n) is 3.54. The second-order valence-corrected chi connectivity index (χ2v) is 3.54. The average molecular weight is 157 g/mol. The SMILES string of the molecule is CC(C)NC1(C(=O)O)CCC1. The maximum absolute atomic E-state index is 10.8. The topological polar surface area (TPSA) is 49.3 Å². The molecule has 0 aromatic heterocycles. The smallest absolute Gasteiger partial charge is 0.323 e. The lowest BCUT2D eigenvalue weighted by molar-refractivity contribution is -0.149. The van der Waals surface area contributed by atoms with Crippen LogP contribution in [-0.4, -0.2) is 22.7 Å². The van der Waals surface area contributed by atoms with Crippen LogP contribution in [0.5, 0.6) is 0 Å². The standard InChI is InChI=1S/C8H15NO2/c1-6(2)9-8(7(10)11)4-3-5-8/h6,9H,3-5H2,1-2H3,(H,10,11).